The van der Waals surface area contributed by atoms with Crippen LogP contribution in [0.15, 0.2) is 34.6 Å². The molecule has 3 rings (SSSR count). The first-order valence-corrected chi connectivity index (χ1v) is 11.9. The van der Waals surface area contributed by atoms with Gasteiger partial charge in [0.15, 0.2) is 5.96 Å². The predicted octanol–water partition coefficient (Wildman–Crippen LogP) is 3.39. The lowest BCUT2D eigenvalue weighted by atomic mass is 10.1. The first kappa shape index (κ1) is 21.6. The van der Waals surface area contributed by atoms with Crippen LogP contribution >= 0.6 is 23.1 Å². The molecule has 2 N–H and O–H groups in total. The number of nitrogens with one attached hydrogen (secondary N) is 2. The van der Waals surface area contributed by atoms with Crippen LogP contribution < -0.4 is 10.6 Å². The Hall–Kier alpha value is -2.06. The van der Waals surface area contributed by atoms with E-state index in [0.717, 1.165) is 29.8 Å². The standard InChI is InChI=1S/C21H27FN4OS2/c1-23-21(25-12-15-3-4-18(22)11-17(15)14-28-2)24-8-5-20(27)26-9-6-19-16(13-26)7-10-29-19/h3-4,7,10-11H,5-6,8-9,12-14H2,1-2H3,(H2,23,24,25). The molecule has 29 heavy (non-hydrogen) atoms. The lowest BCUT2D eigenvalue weighted by molar-refractivity contribution is -0.131. The lowest BCUT2D eigenvalue weighted by Gasteiger charge is -2.27. The van der Waals surface area contributed by atoms with Crippen molar-refractivity contribution in [3.63, 3.8) is 0 Å². The number of amides is 1. The van der Waals surface area contributed by atoms with Gasteiger partial charge in [0.2, 0.25) is 5.91 Å². The molecule has 2 heterocycles. The van der Waals surface area contributed by atoms with Crippen molar-refractivity contribution in [2.24, 2.45) is 4.99 Å². The number of benzene rings is 1. The molecule has 0 fully saturated rings. The van der Waals surface area contributed by atoms with Crippen molar-refractivity contribution >= 4 is 35.0 Å². The summed E-state index contributed by atoms with van der Waals surface area (Å²) in [5.74, 6) is 1.34. The molecule has 1 aromatic heterocycles. The number of hydrogen-bond acceptors (Lipinski definition) is 4. The molecule has 0 aliphatic carbocycles. The quantitative estimate of drug-likeness (QED) is 0.518. The fraction of sp³-hybridized carbons (Fsp3) is 0.429. The first-order valence-electron chi connectivity index (χ1n) is 9.64. The van der Waals surface area contributed by atoms with Crippen LogP contribution in [-0.4, -0.2) is 43.2 Å². The number of aliphatic imine (C=N–C) groups is 1. The van der Waals surface area contributed by atoms with Gasteiger partial charge in [0, 0.05) is 50.3 Å². The van der Waals surface area contributed by atoms with Crippen LogP contribution in [0.1, 0.15) is 28.0 Å². The van der Waals surface area contributed by atoms with Crippen LogP contribution in [0.4, 0.5) is 4.39 Å². The molecule has 1 aromatic carbocycles. The van der Waals surface area contributed by atoms with Crippen LogP contribution in [0, 0.1) is 5.82 Å². The highest BCUT2D eigenvalue weighted by Gasteiger charge is 2.21. The van der Waals surface area contributed by atoms with Crippen molar-refractivity contribution in [2.45, 2.75) is 31.7 Å². The van der Waals surface area contributed by atoms with Crippen LogP contribution in [0.25, 0.3) is 0 Å². The van der Waals surface area contributed by atoms with Crippen LogP contribution in [0.2, 0.25) is 0 Å². The third kappa shape index (κ3) is 5.96. The molecule has 0 radical (unpaired) electrons. The van der Waals surface area contributed by atoms with Crippen molar-refractivity contribution in [3.8, 4) is 0 Å². The zero-order valence-electron chi connectivity index (χ0n) is 16.8. The normalized spacial score (nSPS) is 13.9. The number of halogens is 1. The van der Waals surface area contributed by atoms with Crippen LogP contribution in [0.5, 0.6) is 0 Å². The van der Waals surface area contributed by atoms with E-state index in [1.54, 1.807) is 42.3 Å². The van der Waals surface area contributed by atoms with Gasteiger partial charge >= 0.3 is 0 Å². The highest BCUT2D eigenvalue weighted by atomic mass is 32.2. The molecule has 1 aliphatic heterocycles. The van der Waals surface area contributed by atoms with E-state index in [1.165, 1.54) is 16.5 Å². The molecule has 0 unspecified atom stereocenters. The Morgan fingerprint density at radius 2 is 2.17 bits per heavy atom. The Kier molecular flexibility index (Phi) is 7.94. The molecule has 0 bridgehead atoms. The predicted molar refractivity (Wildman–Crippen MR) is 120 cm³/mol. The number of hydrogen-bond donors (Lipinski definition) is 2. The number of rotatable bonds is 7. The largest absolute Gasteiger partial charge is 0.356 e. The Bertz CT molecular complexity index is 868. The van der Waals surface area contributed by atoms with E-state index >= 15 is 0 Å². The van der Waals surface area contributed by atoms with Gasteiger partial charge in [-0.3, -0.25) is 9.79 Å². The zero-order valence-corrected chi connectivity index (χ0v) is 18.5. The third-order valence-corrected chi connectivity index (χ3v) is 6.55. The summed E-state index contributed by atoms with van der Waals surface area (Å²) in [6, 6.07) is 6.98. The summed E-state index contributed by atoms with van der Waals surface area (Å²) in [6.07, 6.45) is 3.38. The molecule has 0 atom stereocenters. The van der Waals surface area contributed by atoms with Crippen molar-refractivity contribution in [1.82, 2.24) is 15.5 Å². The van der Waals surface area contributed by atoms with E-state index in [4.69, 9.17) is 0 Å². The number of guanidine groups is 1. The molecule has 5 nitrogen and oxygen atoms in total. The maximum Gasteiger partial charge on any atom is 0.224 e. The van der Waals surface area contributed by atoms with Crippen molar-refractivity contribution in [3.05, 3.63) is 57.0 Å². The second-order valence-electron chi connectivity index (χ2n) is 6.88. The summed E-state index contributed by atoms with van der Waals surface area (Å²) in [5, 5.41) is 8.55. The Labute approximate surface area is 179 Å². The summed E-state index contributed by atoms with van der Waals surface area (Å²) >= 11 is 3.44. The minimum Gasteiger partial charge on any atom is -0.356 e. The van der Waals surface area contributed by atoms with Gasteiger partial charge in [-0.25, -0.2) is 4.39 Å². The van der Waals surface area contributed by atoms with Crippen molar-refractivity contribution in [2.75, 3.05) is 26.4 Å². The molecular formula is C21H27FN4OS2. The number of nitrogens with zero attached hydrogens (tertiary/aromatic N) is 2. The monoisotopic (exact) mass is 434 g/mol. The second-order valence-corrected chi connectivity index (χ2v) is 8.75. The topological polar surface area (TPSA) is 56.7 Å². The Morgan fingerprint density at radius 1 is 1.31 bits per heavy atom. The second kappa shape index (κ2) is 10.6. The molecule has 0 saturated heterocycles. The Balaban J connectivity index is 1.45. The van der Waals surface area contributed by atoms with Crippen molar-refractivity contribution < 1.29 is 9.18 Å². The van der Waals surface area contributed by atoms with Gasteiger partial charge in [0.05, 0.1) is 0 Å². The number of fused-ring (bicyclic) bond motifs is 1. The van der Waals surface area contributed by atoms with E-state index < -0.39 is 0 Å². The minimum atomic E-state index is -0.217. The number of carbonyl (C=O) groups excluding carboxylic acids is 1. The van der Waals surface area contributed by atoms with E-state index in [1.807, 2.05) is 11.2 Å². The number of thioether (sulfide) groups is 1. The summed E-state index contributed by atoms with van der Waals surface area (Å²) in [6.45, 7) is 2.58. The summed E-state index contributed by atoms with van der Waals surface area (Å²) < 4.78 is 13.5. The molecule has 156 valence electrons. The average molecular weight is 435 g/mol. The van der Waals surface area contributed by atoms with E-state index in [0.29, 0.717) is 32.0 Å². The summed E-state index contributed by atoms with van der Waals surface area (Å²) in [4.78, 5) is 20.1. The molecule has 2 aromatic rings. The summed E-state index contributed by atoms with van der Waals surface area (Å²) in [5.41, 5.74) is 3.30. The zero-order chi connectivity index (χ0) is 20.6. The van der Waals surface area contributed by atoms with Crippen LogP contribution in [0.3, 0.4) is 0 Å². The van der Waals surface area contributed by atoms with Gasteiger partial charge in [0.1, 0.15) is 5.82 Å². The molecule has 1 amide bonds. The third-order valence-electron chi connectivity index (χ3n) is 4.93. The fourth-order valence-corrected chi connectivity index (χ4v) is 4.83. The van der Waals surface area contributed by atoms with Crippen LogP contribution in [-0.2, 0) is 30.1 Å². The highest BCUT2D eigenvalue weighted by molar-refractivity contribution is 7.97. The number of thiophene rings is 1. The average Bonchev–Trinajstić information content (AvgIpc) is 3.19. The molecule has 0 saturated carbocycles. The highest BCUT2D eigenvalue weighted by Crippen LogP contribution is 2.24. The van der Waals surface area contributed by atoms with Gasteiger partial charge in [-0.2, -0.15) is 11.8 Å². The molecule has 0 spiro atoms. The molecular weight excluding hydrogens is 407 g/mol. The maximum atomic E-state index is 13.5. The Morgan fingerprint density at radius 3 is 2.97 bits per heavy atom. The van der Waals surface area contributed by atoms with Crippen molar-refractivity contribution in [1.29, 1.82) is 0 Å². The maximum absolute atomic E-state index is 13.5. The van der Waals surface area contributed by atoms with Gasteiger partial charge in [-0.15, -0.1) is 11.3 Å². The van der Waals surface area contributed by atoms with Gasteiger partial charge in [-0.05, 0) is 52.9 Å². The van der Waals surface area contributed by atoms with E-state index in [2.05, 4.69) is 27.1 Å². The van der Waals surface area contributed by atoms with Gasteiger partial charge in [-0.1, -0.05) is 6.07 Å². The summed E-state index contributed by atoms with van der Waals surface area (Å²) in [7, 11) is 1.70. The number of carbonyl (C=O) groups is 1. The van der Waals surface area contributed by atoms with Gasteiger partial charge < -0.3 is 15.5 Å². The SMILES string of the molecule is CN=C(NCCC(=O)N1CCc2sccc2C1)NCc1ccc(F)cc1CSC. The van der Waals surface area contributed by atoms with E-state index in [9.17, 15) is 9.18 Å². The molecule has 8 heteroatoms. The first-order chi connectivity index (χ1) is 14.1. The minimum absolute atomic E-state index is 0.158. The lowest BCUT2D eigenvalue weighted by Crippen LogP contribution is -2.40. The smallest absolute Gasteiger partial charge is 0.224 e. The van der Waals surface area contributed by atoms with Gasteiger partial charge in [0.25, 0.3) is 0 Å². The fourth-order valence-electron chi connectivity index (χ4n) is 3.36. The van der Waals surface area contributed by atoms with E-state index in [-0.39, 0.29) is 11.7 Å². The molecule has 1 aliphatic rings.